The lowest BCUT2D eigenvalue weighted by Crippen LogP contribution is -2.41. The monoisotopic (exact) mass is 196 g/mol. The third kappa shape index (κ3) is 1.89. The Balaban J connectivity index is 2.76. The molecule has 1 fully saturated rings. The molecule has 1 heterocycles. The molecule has 0 aromatic heterocycles. The molecule has 0 bridgehead atoms. The molecule has 0 aromatic rings. The second-order valence-electron chi connectivity index (χ2n) is 4.93. The fraction of sp³-hybridized carbons (Fsp3) is 0.818. The number of allylic oxidation sites excluding steroid dienone is 1. The SMILES string of the molecule is C=CC(CC)B1OC(C)(C)C(C)(C)O1. The quantitative estimate of drug-likeness (QED) is 0.510. The van der Waals surface area contributed by atoms with Gasteiger partial charge in [-0.15, -0.1) is 6.58 Å². The van der Waals surface area contributed by atoms with Crippen LogP contribution in [0.1, 0.15) is 41.0 Å². The predicted molar refractivity (Wildman–Crippen MR) is 60.3 cm³/mol. The maximum Gasteiger partial charge on any atom is 0.465 e. The Morgan fingerprint density at radius 3 is 1.93 bits per heavy atom. The smallest absolute Gasteiger partial charge is 0.403 e. The van der Waals surface area contributed by atoms with E-state index in [9.17, 15) is 0 Å². The molecule has 1 unspecified atom stereocenters. The van der Waals surface area contributed by atoms with E-state index in [2.05, 4.69) is 41.2 Å². The summed E-state index contributed by atoms with van der Waals surface area (Å²) in [6, 6.07) is 0. The van der Waals surface area contributed by atoms with E-state index in [0.717, 1.165) is 6.42 Å². The molecule has 14 heavy (non-hydrogen) atoms. The van der Waals surface area contributed by atoms with Crippen LogP contribution < -0.4 is 0 Å². The van der Waals surface area contributed by atoms with Crippen molar-refractivity contribution in [3.63, 3.8) is 0 Å². The number of hydrogen-bond donors (Lipinski definition) is 0. The lowest BCUT2D eigenvalue weighted by Gasteiger charge is -2.32. The first-order valence-electron chi connectivity index (χ1n) is 5.32. The fourth-order valence-corrected chi connectivity index (χ4v) is 1.53. The Labute approximate surface area is 87.8 Å². The van der Waals surface area contributed by atoms with Gasteiger partial charge in [0.25, 0.3) is 0 Å². The van der Waals surface area contributed by atoms with Crippen molar-refractivity contribution in [3.8, 4) is 0 Å². The summed E-state index contributed by atoms with van der Waals surface area (Å²) in [6.07, 6.45) is 2.92. The molecule has 0 spiro atoms. The Bertz CT molecular complexity index is 207. The van der Waals surface area contributed by atoms with Crippen LogP contribution in [0.15, 0.2) is 12.7 Å². The topological polar surface area (TPSA) is 18.5 Å². The van der Waals surface area contributed by atoms with Crippen LogP contribution in [-0.2, 0) is 9.31 Å². The van der Waals surface area contributed by atoms with Gasteiger partial charge in [0.05, 0.1) is 11.2 Å². The van der Waals surface area contributed by atoms with Crippen molar-refractivity contribution in [1.82, 2.24) is 0 Å². The standard InChI is InChI=1S/C11H21BO2/c1-7-9(8-2)12-13-10(3,4)11(5,6)14-12/h7,9H,1,8H2,2-6H3. The van der Waals surface area contributed by atoms with E-state index in [1.807, 2.05) is 6.08 Å². The van der Waals surface area contributed by atoms with Crippen LogP contribution >= 0.6 is 0 Å². The zero-order valence-electron chi connectivity index (χ0n) is 9.96. The minimum absolute atomic E-state index is 0.137. The normalized spacial score (nSPS) is 26.2. The highest BCUT2D eigenvalue weighted by atomic mass is 16.7. The molecule has 3 heteroatoms. The van der Waals surface area contributed by atoms with E-state index in [1.165, 1.54) is 0 Å². The van der Waals surface area contributed by atoms with Crippen molar-refractivity contribution < 1.29 is 9.31 Å². The summed E-state index contributed by atoms with van der Waals surface area (Å²) >= 11 is 0. The Kier molecular flexibility index (Phi) is 3.12. The van der Waals surface area contributed by atoms with Gasteiger partial charge < -0.3 is 9.31 Å². The third-order valence-electron chi connectivity index (χ3n) is 3.40. The Morgan fingerprint density at radius 2 is 1.64 bits per heavy atom. The van der Waals surface area contributed by atoms with E-state index in [0.29, 0.717) is 0 Å². The van der Waals surface area contributed by atoms with E-state index in [4.69, 9.17) is 9.31 Å². The fourth-order valence-electron chi connectivity index (χ4n) is 1.53. The first-order valence-corrected chi connectivity index (χ1v) is 5.32. The average molecular weight is 196 g/mol. The van der Waals surface area contributed by atoms with Crippen LogP contribution in [-0.4, -0.2) is 18.3 Å². The van der Waals surface area contributed by atoms with Gasteiger partial charge in [-0.1, -0.05) is 19.4 Å². The summed E-state index contributed by atoms with van der Waals surface area (Å²) in [6.45, 7) is 14.2. The van der Waals surface area contributed by atoms with Gasteiger partial charge in [-0.3, -0.25) is 0 Å². The van der Waals surface area contributed by atoms with Crippen molar-refractivity contribution in [2.24, 2.45) is 0 Å². The summed E-state index contributed by atoms with van der Waals surface area (Å²) in [4.78, 5) is 0. The highest BCUT2D eigenvalue weighted by Gasteiger charge is 2.52. The molecule has 80 valence electrons. The molecule has 1 rings (SSSR count). The van der Waals surface area contributed by atoms with Gasteiger partial charge in [0.15, 0.2) is 0 Å². The lowest BCUT2D eigenvalue weighted by molar-refractivity contribution is 0.00578. The number of hydrogen-bond acceptors (Lipinski definition) is 2. The van der Waals surface area contributed by atoms with Gasteiger partial charge in [0.1, 0.15) is 0 Å². The molecule has 0 N–H and O–H groups in total. The van der Waals surface area contributed by atoms with Crippen molar-refractivity contribution in [2.45, 2.75) is 58.1 Å². The van der Waals surface area contributed by atoms with Crippen molar-refractivity contribution in [1.29, 1.82) is 0 Å². The summed E-state index contributed by atoms with van der Waals surface area (Å²) in [5.41, 5.74) is -0.456. The van der Waals surface area contributed by atoms with Crippen LogP contribution in [0.3, 0.4) is 0 Å². The van der Waals surface area contributed by atoms with E-state index in [-0.39, 0.29) is 24.1 Å². The first-order chi connectivity index (χ1) is 6.34. The Hall–Kier alpha value is -0.275. The molecule has 2 nitrogen and oxygen atoms in total. The van der Waals surface area contributed by atoms with Crippen LogP contribution in [0.25, 0.3) is 0 Å². The van der Waals surface area contributed by atoms with Crippen LogP contribution in [0.5, 0.6) is 0 Å². The lowest BCUT2D eigenvalue weighted by atomic mass is 9.70. The second kappa shape index (κ2) is 3.71. The minimum Gasteiger partial charge on any atom is -0.403 e. The van der Waals surface area contributed by atoms with Crippen molar-refractivity contribution in [2.75, 3.05) is 0 Å². The predicted octanol–water partition coefficient (Wildman–Crippen LogP) is 3.04. The summed E-state index contributed by atoms with van der Waals surface area (Å²) in [5.74, 6) is 0.288. The molecule has 0 amide bonds. The molecule has 1 saturated heterocycles. The minimum atomic E-state index is -0.228. The second-order valence-corrected chi connectivity index (χ2v) is 4.93. The van der Waals surface area contributed by atoms with E-state index < -0.39 is 0 Å². The summed E-state index contributed by atoms with van der Waals surface area (Å²) in [5, 5.41) is 0. The molecule has 0 aromatic carbocycles. The maximum atomic E-state index is 5.91. The highest BCUT2D eigenvalue weighted by molar-refractivity contribution is 6.48. The van der Waals surface area contributed by atoms with Crippen molar-refractivity contribution >= 4 is 7.12 Å². The molecule has 0 aliphatic carbocycles. The third-order valence-corrected chi connectivity index (χ3v) is 3.40. The zero-order chi connectivity index (χ0) is 11.0. The van der Waals surface area contributed by atoms with Crippen molar-refractivity contribution in [3.05, 3.63) is 12.7 Å². The molecule has 1 atom stereocenters. The Morgan fingerprint density at radius 1 is 1.21 bits per heavy atom. The molecule has 1 aliphatic heterocycles. The van der Waals surface area contributed by atoms with Gasteiger partial charge >= 0.3 is 7.12 Å². The summed E-state index contributed by atoms with van der Waals surface area (Å²) < 4.78 is 11.8. The zero-order valence-corrected chi connectivity index (χ0v) is 9.96. The largest absolute Gasteiger partial charge is 0.465 e. The van der Waals surface area contributed by atoms with E-state index >= 15 is 0 Å². The molecular formula is C11H21BO2. The van der Waals surface area contributed by atoms with Gasteiger partial charge in [0, 0.05) is 5.82 Å². The van der Waals surface area contributed by atoms with Crippen LogP contribution in [0, 0.1) is 0 Å². The molecule has 0 saturated carbocycles. The number of rotatable bonds is 3. The molecular weight excluding hydrogens is 175 g/mol. The van der Waals surface area contributed by atoms with Gasteiger partial charge in [-0.25, -0.2) is 0 Å². The van der Waals surface area contributed by atoms with E-state index in [1.54, 1.807) is 0 Å². The van der Waals surface area contributed by atoms with Gasteiger partial charge in [-0.05, 0) is 27.7 Å². The highest BCUT2D eigenvalue weighted by Crippen LogP contribution is 2.40. The van der Waals surface area contributed by atoms with Crippen LogP contribution in [0.2, 0.25) is 5.82 Å². The average Bonchev–Trinajstić information content (AvgIpc) is 2.23. The maximum absolute atomic E-state index is 5.91. The molecule has 1 aliphatic rings. The molecule has 0 radical (unpaired) electrons. The summed E-state index contributed by atoms with van der Waals surface area (Å²) in [7, 11) is -0.137. The van der Waals surface area contributed by atoms with Gasteiger partial charge in [0.2, 0.25) is 0 Å². The van der Waals surface area contributed by atoms with Gasteiger partial charge in [-0.2, -0.15) is 0 Å². The van der Waals surface area contributed by atoms with Crippen LogP contribution in [0.4, 0.5) is 0 Å². The first kappa shape index (κ1) is 11.8.